The number of nitrogens with one attached hydrogen (secondary N) is 3. The van der Waals surface area contributed by atoms with Crippen molar-refractivity contribution in [1.82, 2.24) is 35.1 Å². The number of hydrogen-bond donors (Lipinski definition) is 3. The predicted octanol–water partition coefficient (Wildman–Crippen LogP) is 5.60. The number of carbonyl (C=O) groups excluding carboxylic acids is 3. The Kier molecular flexibility index (Phi) is 8.35. The van der Waals surface area contributed by atoms with E-state index < -0.39 is 11.6 Å². The standard InChI is InChI=1S/C38H38N8O4/c1-37(12-13-37)22-45(34(48)19-42-36(49)50-3)21-33-40-17-32(43-33)29-11-10-27-14-26(8-9-28(27)15-29)24-4-6-25(7-5-24)31-18-41-35(44-31)38(2)30(16-39)20-46(38)23-47/h4-11,14-15,17-18,23,30H,12-13,19-22H2,1-3H3,(H,40,43)(H,41,44)(H,42,49)/t30-,38?/m1/s1. The van der Waals surface area contributed by atoms with Crippen molar-refractivity contribution in [2.45, 2.75) is 38.8 Å². The Morgan fingerprint density at radius 3 is 2.30 bits per heavy atom. The monoisotopic (exact) mass is 670 g/mol. The molecule has 0 radical (unpaired) electrons. The van der Waals surface area contributed by atoms with E-state index in [2.05, 4.69) is 91.5 Å². The number of nitrogens with zero attached hydrogens (tertiary/aromatic N) is 5. The van der Waals surface area contributed by atoms with Crippen LogP contribution >= 0.6 is 0 Å². The number of rotatable bonds is 11. The van der Waals surface area contributed by atoms with E-state index in [0.29, 0.717) is 31.3 Å². The fourth-order valence-electron chi connectivity index (χ4n) is 6.60. The fourth-order valence-corrected chi connectivity index (χ4v) is 6.60. The number of aromatic nitrogens is 4. The summed E-state index contributed by atoms with van der Waals surface area (Å²) in [5.41, 5.74) is 5.11. The summed E-state index contributed by atoms with van der Waals surface area (Å²) in [7, 11) is 1.27. The molecule has 254 valence electrons. The van der Waals surface area contributed by atoms with E-state index in [1.807, 2.05) is 19.1 Å². The van der Waals surface area contributed by atoms with E-state index in [1.165, 1.54) is 7.11 Å². The minimum atomic E-state index is -0.763. The molecule has 3 N–H and O–H groups in total. The van der Waals surface area contributed by atoms with Crippen LogP contribution < -0.4 is 5.32 Å². The van der Waals surface area contributed by atoms with Crippen LogP contribution in [-0.2, 0) is 26.4 Å². The average Bonchev–Trinajstić information content (AvgIpc) is 3.47. The number of methoxy groups -OCH3 is 1. The van der Waals surface area contributed by atoms with Crippen molar-refractivity contribution >= 4 is 29.2 Å². The molecule has 3 amide bonds. The highest BCUT2D eigenvalue weighted by molar-refractivity contribution is 5.90. The lowest BCUT2D eigenvalue weighted by Gasteiger charge is -2.50. The number of nitriles is 1. The summed E-state index contributed by atoms with van der Waals surface area (Å²) in [6, 6.07) is 23.1. The fraction of sp³-hybridized carbons (Fsp3) is 0.316. The van der Waals surface area contributed by atoms with Gasteiger partial charge >= 0.3 is 6.09 Å². The van der Waals surface area contributed by atoms with Crippen molar-refractivity contribution in [3.05, 3.63) is 84.7 Å². The van der Waals surface area contributed by atoms with Gasteiger partial charge in [0.2, 0.25) is 12.3 Å². The molecule has 0 bridgehead atoms. The van der Waals surface area contributed by atoms with E-state index in [4.69, 9.17) is 0 Å². The van der Waals surface area contributed by atoms with Gasteiger partial charge in [0.05, 0.1) is 49.4 Å². The van der Waals surface area contributed by atoms with Crippen LogP contribution in [0.25, 0.3) is 44.4 Å². The highest BCUT2D eigenvalue weighted by atomic mass is 16.5. The highest BCUT2D eigenvalue weighted by Crippen LogP contribution is 2.46. The zero-order chi connectivity index (χ0) is 35.0. The number of alkyl carbamates (subject to hydrolysis) is 1. The van der Waals surface area contributed by atoms with Crippen LogP contribution in [0.1, 0.15) is 38.3 Å². The number of ether oxygens (including phenoxy) is 1. The normalized spacial score (nSPS) is 18.9. The number of imidazole rings is 2. The smallest absolute Gasteiger partial charge is 0.407 e. The Balaban J connectivity index is 1.04. The van der Waals surface area contributed by atoms with E-state index in [1.54, 1.807) is 22.2 Å². The molecule has 1 unspecified atom stereocenters. The van der Waals surface area contributed by atoms with Crippen LogP contribution in [0.2, 0.25) is 0 Å². The number of H-pyrrole nitrogens is 2. The van der Waals surface area contributed by atoms with Crippen LogP contribution in [0.4, 0.5) is 4.79 Å². The number of carbonyl (C=O) groups is 3. The molecule has 0 spiro atoms. The maximum Gasteiger partial charge on any atom is 0.407 e. The second kappa shape index (κ2) is 12.8. The lowest BCUT2D eigenvalue weighted by atomic mass is 9.76. The van der Waals surface area contributed by atoms with Crippen LogP contribution in [0.15, 0.2) is 73.1 Å². The Morgan fingerprint density at radius 1 is 0.980 bits per heavy atom. The van der Waals surface area contributed by atoms with Gasteiger partial charge in [-0.25, -0.2) is 14.8 Å². The first-order chi connectivity index (χ1) is 24.1. The van der Waals surface area contributed by atoms with Crippen LogP contribution in [0.3, 0.4) is 0 Å². The molecule has 1 aliphatic heterocycles. The van der Waals surface area contributed by atoms with Crippen molar-refractivity contribution < 1.29 is 19.1 Å². The predicted molar refractivity (Wildman–Crippen MR) is 187 cm³/mol. The van der Waals surface area contributed by atoms with Gasteiger partial charge in [-0.1, -0.05) is 55.5 Å². The largest absolute Gasteiger partial charge is 0.453 e. The Hall–Kier alpha value is -5.96. The van der Waals surface area contributed by atoms with Gasteiger partial charge in [-0.3, -0.25) is 9.59 Å². The third-order valence-corrected chi connectivity index (χ3v) is 10.2. The van der Waals surface area contributed by atoms with Crippen LogP contribution in [0.5, 0.6) is 0 Å². The quantitative estimate of drug-likeness (QED) is 0.154. The second-order valence-electron chi connectivity index (χ2n) is 13.7. The zero-order valence-electron chi connectivity index (χ0n) is 28.2. The first-order valence-corrected chi connectivity index (χ1v) is 16.6. The molecule has 3 heterocycles. The molecule has 1 saturated heterocycles. The van der Waals surface area contributed by atoms with Crippen molar-refractivity contribution in [1.29, 1.82) is 5.26 Å². The maximum absolute atomic E-state index is 13.0. The molecule has 5 aromatic rings. The highest BCUT2D eigenvalue weighted by Gasteiger charge is 2.53. The molecule has 2 aromatic heterocycles. The van der Waals surface area contributed by atoms with Crippen molar-refractivity contribution in [2.24, 2.45) is 11.3 Å². The molecule has 1 saturated carbocycles. The Bertz CT molecular complexity index is 2130. The topological polar surface area (TPSA) is 160 Å². The molecule has 12 nitrogen and oxygen atoms in total. The van der Waals surface area contributed by atoms with Crippen LogP contribution in [-0.4, -0.2) is 74.9 Å². The number of benzene rings is 3. The lowest BCUT2D eigenvalue weighted by Crippen LogP contribution is -2.62. The molecule has 2 aliphatic rings. The summed E-state index contributed by atoms with van der Waals surface area (Å²) in [6.07, 6.45) is 5.80. The molecule has 2 atom stereocenters. The molecule has 50 heavy (non-hydrogen) atoms. The number of aromatic amines is 2. The summed E-state index contributed by atoms with van der Waals surface area (Å²) in [6.45, 7) is 5.21. The number of amides is 3. The first kappa shape index (κ1) is 32.6. The SMILES string of the molecule is COC(=O)NCC(=O)N(Cc1ncc(-c2ccc3cc(-c4ccc(-c5cnc(C6(C)[C@H](C#N)CN6C=O)[nH]5)cc4)ccc3c2)[nH]1)CC1(C)CC1. The zero-order valence-corrected chi connectivity index (χ0v) is 28.2. The molecule has 12 heteroatoms. The summed E-state index contributed by atoms with van der Waals surface area (Å²) < 4.78 is 4.61. The lowest BCUT2D eigenvalue weighted by molar-refractivity contribution is -0.138. The molecule has 1 aliphatic carbocycles. The van der Waals surface area contributed by atoms with E-state index in [9.17, 15) is 19.6 Å². The van der Waals surface area contributed by atoms with Gasteiger partial charge in [0, 0.05) is 18.7 Å². The molecule has 7 rings (SSSR count). The van der Waals surface area contributed by atoms with Gasteiger partial charge in [-0.2, -0.15) is 5.26 Å². The Morgan fingerprint density at radius 2 is 1.62 bits per heavy atom. The van der Waals surface area contributed by atoms with Gasteiger partial charge in [0.25, 0.3) is 0 Å². The van der Waals surface area contributed by atoms with Gasteiger partial charge in [0.1, 0.15) is 23.7 Å². The number of likely N-dealkylation sites (tertiary alicyclic amines) is 1. The van der Waals surface area contributed by atoms with Gasteiger partial charge < -0.3 is 29.8 Å². The molecule has 3 aromatic carbocycles. The minimum Gasteiger partial charge on any atom is -0.453 e. The summed E-state index contributed by atoms with van der Waals surface area (Å²) >= 11 is 0. The third-order valence-electron chi connectivity index (χ3n) is 10.2. The van der Waals surface area contributed by atoms with E-state index >= 15 is 0 Å². The minimum absolute atomic E-state index is 0.0954. The number of hydrogen-bond acceptors (Lipinski definition) is 7. The van der Waals surface area contributed by atoms with Crippen molar-refractivity contribution in [2.75, 3.05) is 26.7 Å². The second-order valence-corrected chi connectivity index (χ2v) is 13.7. The Labute approximate surface area is 289 Å². The van der Waals surface area contributed by atoms with E-state index in [0.717, 1.165) is 63.7 Å². The van der Waals surface area contributed by atoms with Gasteiger partial charge in [0.15, 0.2) is 0 Å². The average molecular weight is 671 g/mol. The van der Waals surface area contributed by atoms with E-state index in [-0.39, 0.29) is 23.8 Å². The van der Waals surface area contributed by atoms with Crippen molar-refractivity contribution in [3.8, 4) is 39.7 Å². The molecular weight excluding hydrogens is 632 g/mol. The number of fused-ring (bicyclic) bond motifs is 1. The summed E-state index contributed by atoms with van der Waals surface area (Å²) in [4.78, 5) is 55.2. The first-order valence-electron chi connectivity index (χ1n) is 16.6. The van der Waals surface area contributed by atoms with Crippen LogP contribution in [0, 0.1) is 22.7 Å². The third kappa shape index (κ3) is 6.18. The summed E-state index contributed by atoms with van der Waals surface area (Å²) in [5.74, 6) is 0.778. The molecule has 2 fully saturated rings. The summed E-state index contributed by atoms with van der Waals surface area (Å²) in [5, 5.41) is 14.2. The maximum atomic E-state index is 13.0. The van der Waals surface area contributed by atoms with Crippen molar-refractivity contribution in [3.63, 3.8) is 0 Å². The van der Waals surface area contributed by atoms with Gasteiger partial charge in [-0.15, -0.1) is 0 Å². The van der Waals surface area contributed by atoms with Gasteiger partial charge in [-0.05, 0) is 64.8 Å². The molecular formula is C38H38N8O4.